The van der Waals surface area contributed by atoms with Crippen LogP contribution in [0.2, 0.25) is 0 Å². The molecule has 1 aromatic heterocycles. The summed E-state index contributed by atoms with van der Waals surface area (Å²) in [6, 6.07) is 6.10. The highest BCUT2D eigenvalue weighted by Gasteiger charge is 2.35. The van der Waals surface area contributed by atoms with Gasteiger partial charge in [0.05, 0.1) is 5.52 Å². The molecule has 0 radical (unpaired) electrons. The summed E-state index contributed by atoms with van der Waals surface area (Å²) in [6.07, 6.45) is -0.256. The lowest BCUT2D eigenvalue weighted by Gasteiger charge is -2.45. The lowest BCUT2D eigenvalue weighted by atomic mass is 10.0. The maximum atomic E-state index is 12.5. The Morgan fingerprint density at radius 2 is 1.93 bits per heavy atom. The second-order valence-corrected chi connectivity index (χ2v) is 8.35. The van der Waals surface area contributed by atoms with Crippen LogP contribution in [0.25, 0.3) is 11.1 Å². The zero-order valence-electron chi connectivity index (χ0n) is 17.0. The topological polar surface area (TPSA) is 67.9 Å². The lowest BCUT2D eigenvalue weighted by Crippen LogP contribution is -2.59. The molecule has 2 atom stereocenters. The van der Waals surface area contributed by atoms with Crippen LogP contribution in [0.5, 0.6) is 0 Å². The van der Waals surface area contributed by atoms with Gasteiger partial charge in [-0.05, 0) is 52.3 Å². The second-order valence-electron chi connectivity index (χ2n) is 8.35. The Kier molecular flexibility index (Phi) is 5.08. The van der Waals surface area contributed by atoms with Gasteiger partial charge in [0, 0.05) is 38.8 Å². The number of rotatable bonds is 2. The SMILES string of the molecule is C[C@@H]1[C@@H](C)N(C(=O)OC(C)(C)C)CCN1Cc1ccc2c(c1)oc(=O)n2C. The van der Waals surface area contributed by atoms with E-state index >= 15 is 0 Å². The third-order valence-electron chi connectivity index (χ3n) is 5.26. The zero-order valence-corrected chi connectivity index (χ0v) is 17.0. The minimum absolute atomic E-state index is 0.0481. The summed E-state index contributed by atoms with van der Waals surface area (Å²) >= 11 is 0. The first-order chi connectivity index (χ1) is 12.6. The molecule has 1 amide bonds. The van der Waals surface area contributed by atoms with Crippen molar-refractivity contribution in [1.82, 2.24) is 14.4 Å². The Morgan fingerprint density at radius 3 is 2.59 bits per heavy atom. The van der Waals surface area contributed by atoms with E-state index in [1.165, 1.54) is 4.57 Å². The Labute approximate surface area is 159 Å². The van der Waals surface area contributed by atoms with Crippen LogP contribution in [0.4, 0.5) is 4.79 Å². The van der Waals surface area contributed by atoms with Gasteiger partial charge in [-0.25, -0.2) is 9.59 Å². The van der Waals surface area contributed by atoms with E-state index < -0.39 is 5.60 Å². The molecular weight excluding hydrogens is 346 g/mol. The number of piperazine rings is 1. The average molecular weight is 375 g/mol. The van der Waals surface area contributed by atoms with Gasteiger partial charge in [0.2, 0.25) is 0 Å². The third kappa shape index (κ3) is 4.03. The number of hydrogen-bond donors (Lipinski definition) is 0. The summed E-state index contributed by atoms with van der Waals surface area (Å²) in [7, 11) is 1.70. The second kappa shape index (κ2) is 7.03. The number of benzene rings is 1. The first-order valence-corrected chi connectivity index (χ1v) is 9.39. The first kappa shape index (κ1) is 19.5. The van der Waals surface area contributed by atoms with Gasteiger partial charge in [-0.2, -0.15) is 0 Å². The Hall–Kier alpha value is -2.28. The Bertz CT molecular complexity index is 893. The quantitative estimate of drug-likeness (QED) is 0.807. The number of aryl methyl sites for hydroxylation is 1. The van der Waals surface area contributed by atoms with Gasteiger partial charge in [0.1, 0.15) is 5.60 Å². The Balaban J connectivity index is 1.71. The standard InChI is InChI=1S/C20H29N3O4/c1-13-14(2)23(19(25)27-20(3,4)5)10-9-22(13)12-15-7-8-16-17(11-15)26-18(24)21(16)6/h7-8,11,13-14H,9-10,12H2,1-6H3/t13-,14-/m1/s1. The van der Waals surface area contributed by atoms with Crippen LogP contribution >= 0.6 is 0 Å². The number of fused-ring (bicyclic) bond motifs is 1. The highest BCUT2D eigenvalue weighted by atomic mass is 16.6. The van der Waals surface area contributed by atoms with Crippen LogP contribution < -0.4 is 5.76 Å². The maximum Gasteiger partial charge on any atom is 0.419 e. The highest BCUT2D eigenvalue weighted by molar-refractivity contribution is 5.73. The molecular formula is C20H29N3O4. The molecule has 0 aliphatic carbocycles. The molecule has 0 unspecified atom stereocenters. The van der Waals surface area contributed by atoms with Crippen molar-refractivity contribution in [2.75, 3.05) is 13.1 Å². The normalized spacial score (nSPS) is 21.6. The van der Waals surface area contributed by atoms with Crippen LogP contribution in [-0.2, 0) is 18.3 Å². The molecule has 1 fully saturated rings. The van der Waals surface area contributed by atoms with Crippen molar-refractivity contribution in [2.24, 2.45) is 7.05 Å². The maximum absolute atomic E-state index is 12.5. The molecule has 0 spiro atoms. The molecule has 1 saturated heterocycles. The number of nitrogens with zero attached hydrogens (tertiary/aromatic N) is 3. The number of carbonyl (C=O) groups is 1. The zero-order chi connectivity index (χ0) is 19.9. The molecule has 3 rings (SSSR count). The average Bonchev–Trinajstić information content (AvgIpc) is 2.84. The fourth-order valence-electron chi connectivity index (χ4n) is 3.52. The van der Waals surface area contributed by atoms with Crippen molar-refractivity contribution in [3.05, 3.63) is 34.3 Å². The van der Waals surface area contributed by atoms with Crippen LogP contribution in [0.15, 0.2) is 27.4 Å². The number of aromatic nitrogens is 1. The van der Waals surface area contributed by atoms with E-state index in [1.807, 2.05) is 43.9 Å². The van der Waals surface area contributed by atoms with Crippen LogP contribution in [0.1, 0.15) is 40.2 Å². The molecule has 7 heteroatoms. The van der Waals surface area contributed by atoms with E-state index in [0.29, 0.717) is 12.1 Å². The Morgan fingerprint density at radius 1 is 1.22 bits per heavy atom. The number of ether oxygens (including phenoxy) is 1. The molecule has 27 heavy (non-hydrogen) atoms. The number of oxazole rings is 1. The predicted octanol–water partition coefficient (Wildman–Crippen LogP) is 2.96. The largest absolute Gasteiger partial charge is 0.444 e. The summed E-state index contributed by atoms with van der Waals surface area (Å²) in [6.45, 7) is 12.0. The molecule has 7 nitrogen and oxygen atoms in total. The van der Waals surface area contributed by atoms with E-state index in [9.17, 15) is 9.59 Å². The lowest BCUT2D eigenvalue weighted by molar-refractivity contribution is -0.0144. The van der Waals surface area contributed by atoms with E-state index in [4.69, 9.17) is 9.15 Å². The van der Waals surface area contributed by atoms with E-state index in [2.05, 4.69) is 18.7 Å². The van der Waals surface area contributed by atoms with Gasteiger partial charge in [-0.1, -0.05) is 6.07 Å². The van der Waals surface area contributed by atoms with Crippen LogP contribution in [0, 0.1) is 0 Å². The van der Waals surface area contributed by atoms with Crippen molar-refractivity contribution in [1.29, 1.82) is 0 Å². The third-order valence-corrected chi connectivity index (χ3v) is 5.26. The molecule has 0 saturated carbocycles. The number of amides is 1. The van der Waals surface area contributed by atoms with Gasteiger partial charge in [-0.15, -0.1) is 0 Å². The predicted molar refractivity (Wildman–Crippen MR) is 104 cm³/mol. The van der Waals surface area contributed by atoms with Crippen molar-refractivity contribution < 1.29 is 13.9 Å². The van der Waals surface area contributed by atoms with Gasteiger partial charge >= 0.3 is 11.8 Å². The molecule has 0 bridgehead atoms. The smallest absolute Gasteiger partial charge is 0.419 e. The van der Waals surface area contributed by atoms with Gasteiger partial charge < -0.3 is 14.1 Å². The van der Waals surface area contributed by atoms with Crippen molar-refractivity contribution >= 4 is 17.2 Å². The molecule has 2 heterocycles. The van der Waals surface area contributed by atoms with Gasteiger partial charge in [0.15, 0.2) is 5.58 Å². The number of hydrogen-bond acceptors (Lipinski definition) is 5. The van der Waals surface area contributed by atoms with E-state index in [0.717, 1.165) is 24.2 Å². The summed E-state index contributed by atoms with van der Waals surface area (Å²) in [4.78, 5) is 28.3. The minimum Gasteiger partial charge on any atom is -0.444 e. The summed E-state index contributed by atoms with van der Waals surface area (Å²) in [5.41, 5.74) is 1.99. The van der Waals surface area contributed by atoms with Crippen LogP contribution in [0.3, 0.4) is 0 Å². The van der Waals surface area contributed by atoms with E-state index in [-0.39, 0.29) is 23.9 Å². The van der Waals surface area contributed by atoms with Crippen molar-refractivity contribution in [2.45, 2.75) is 58.8 Å². The summed E-state index contributed by atoms with van der Waals surface area (Å²) in [5, 5.41) is 0. The van der Waals surface area contributed by atoms with Gasteiger partial charge in [-0.3, -0.25) is 9.47 Å². The molecule has 1 aliphatic heterocycles. The first-order valence-electron chi connectivity index (χ1n) is 9.39. The van der Waals surface area contributed by atoms with Crippen LogP contribution in [-0.4, -0.2) is 51.2 Å². The van der Waals surface area contributed by atoms with Crippen molar-refractivity contribution in [3.8, 4) is 0 Å². The highest BCUT2D eigenvalue weighted by Crippen LogP contribution is 2.23. The summed E-state index contributed by atoms with van der Waals surface area (Å²) in [5.74, 6) is -0.352. The molecule has 2 aromatic rings. The molecule has 148 valence electrons. The monoisotopic (exact) mass is 375 g/mol. The molecule has 1 aromatic carbocycles. The van der Waals surface area contributed by atoms with Gasteiger partial charge in [0.25, 0.3) is 0 Å². The fraction of sp³-hybridized carbons (Fsp3) is 0.600. The number of carbonyl (C=O) groups excluding carboxylic acids is 1. The molecule has 0 N–H and O–H groups in total. The molecule has 1 aliphatic rings. The fourth-order valence-corrected chi connectivity index (χ4v) is 3.52. The van der Waals surface area contributed by atoms with Crippen molar-refractivity contribution in [3.63, 3.8) is 0 Å². The van der Waals surface area contributed by atoms with E-state index in [1.54, 1.807) is 7.05 Å². The minimum atomic E-state index is -0.494. The summed E-state index contributed by atoms with van der Waals surface area (Å²) < 4.78 is 12.3.